The molecule has 3 fully saturated rings. The summed E-state index contributed by atoms with van der Waals surface area (Å²) in [4.78, 5) is 0. The Hall–Kier alpha value is -0.760. The van der Waals surface area contributed by atoms with Crippen molar-refractivity contribution < 1.29 is 30.3 Å². The van der Waals surface area contributed by atoms with Gasteiger partial charge < -0.3 is 30.3 Å². The number of aliphatic hydroxyl groups excluding tert-OH is 2. The highest BCUT2D eigenvalue weighted by Crippen LogP contribution is 2.60. The van der Waals surface area contributed by atoms with Crippen molar-refractivity contribution in [3.8, 4) is 0 Å². The number of hydrogen-bond acceptors (Lipinski definition) is 6. The molecule has 220 valence electrons. The minimum atomic E-state index is -1.74. The number of allylic oxidation sites excluding steroid dienone is 3. The lowest BCUT2D eigenvalue weighted by Gasteiger charge is -2.45. The van der Waals surface area contributed by atoms with Crippen LogP contribution in [0.1, 0.15) is 113 Å². The molecule has 38 heavy (non-hydrogen) atoms. The second-order valence-corrected chi connectivity index (χ2v) is 14.4. The fourth-order valence-corrected chi connectivity index (χ4v) is 7.65. The number of ether oxygens (including phenoxy) is 1. The zero-order chi connectivity index (χ0) is 28.5. The quantitative estimate of drug-likeness (QED) is 0.267. The molecule has 5 N–H and O–H groups in total. The van der Waals surface area contributed by atoms with Crippen LogP contribution >= 0.6 is 0 Å². The summed E-state index contributed by atoms with van der Waals surface area (Å²) in [5.41, 5.74) is -0.519. The van der Waals surface area contributed by atoms with Crippen LogP contribution in [-0.4, -0.2) is 67.3 Å². The summed E-state index contributed by atoms with van der Waals surface area (Å²) in [5.74, 6) is 1.81. The molecule has 3 aliphatic rings. The third-order valence-electron chi connectivity index (χ3n) is 10.2. The van der Waals surface area contributed by atoms with Gasteiger partial charge in [-0.1, -0.05) is 37.1 Å². The van der Waals surface area contributed by atoms with Crippen LogP contribution in [0.25, 0.3) is 0 Å². The summed E-state index contributed by atoms with van der Waals surface area (Å²) in [6.45, 7) is 14.0. The number of aliphatic hydroxyl groups is 5. The number of fused-ring (bicyclic) bond motifs is 1. The highest BCUT2D eigenvalue weighted by molar-refractivity contribution is 5.27. The van der Waals surface area contributed by atoms with Gasteiger partial charge in [0.05, 0.1) is 29.5 Å². The zero-order valence-electron chi connectivity index (χ0n) is 25.0. The first kappa shape index (κ1) is 31.8. The molecule has 6 heteroatoms. The van der Waals surface area contributed by atoms with E-state index in [0.717, 1.165) is 24.8 Å². The molecule has 0 bridgehead atoms. The molecule has 0 aliphatic heterocycles. The summed E-state index contributed by atoms with van der Waals surface area (Å²) in [6.07, 6.45) is 10.2. The first-order valence-electron chi connectivity index (χ1n) is 15.0. The molecule has 3 rings (SSSR count). The molecule has 3 saturated carbocycles. The van der Waals surface area contributed by atoms with Gasteiger partial charge in [0.25, 0.3) is 0 Å². The summed E-state index contributed by atoms with van der Waals surface area (Å²) in [7, 11) is 0. The van der Waals surface area contributed by atoms with Crippen LogP contribution in [0.2, 0.25) is 0 Å². The summed E-state index contributed by atoms with van der Waals surface area (Å²) in [5, 5.41) is 53.2. The van der Waals surface area contributed by atoms with Crippen LogP contribution in [0.4, 0.5) is 0 Å². The average Bonchev–Trinajstić information content (AvgIpc) is 3.15. The van der Waals surface area contributed by atoms with Crippen molar-refractivity contribution in [3.05, 3.63) is 23.3 Å². The van der Waals surface area contributed by atoms with Crippen molar-refractivity contribution >= 4 is 0 Å². The lowest BCUT2D eigenvalue weighted by molar-refractivity contribution is -0.218. The summed E-state index contributed by atoms with van der Waals surface area (Å²) < 4.78 is 5.74. The van der Waals surface area contributed by atoms with Crippen LogP contribution in [0, 0.1) is 23.2 Å². The monoisotopic (exact) mass is 536 g/mol. The molecule has 3 aliphatic carbocycles. The standard InChI is InChI=1S/C32H56O6/c1-21(14-16-29(3,4)35)25-12-13-26-24(9-8-15-31(25,26)7)11-10-23-19-27(33)32(37,28(34)20-23)22(2)38-18-17-30(5,6)36/h10-11,21-22,25-28,33-37H,8-9,12-20H2,1-7H3/b23-10?,24-11-/t21-,22-,25-,26+,27-,28-,31-,32?/m1/s1. The Morgan fingerprint density at radius 2 is 1.58 bits per heavy atom. The van der Waals surface area contributed by atoms with Gasteiger partial charge in [0.15, 0.2) is 0 Å². The normalized spacial score (nSPS) is 37.3. The molecule has 0 spiro atoms. The molecule has 0 radical (unpaired) electrons. The van der Waals surface area contributed by atoms with Gasteiger partial charge >= 0.3 is 0 Å². The van der Waals surface area contributed by atoms with E-state index in [9.17, 15) is 25.5 Å². The largest absolute Gasteiger partial charge is 0.390 e. The Labute approximate surface area is 231 Å². The van der Waals surface area contributed by atoms with Gasteiger partial charge in [-0.25, -0.2) is 0 Å². The average molecular weight is 537 g/mol. The van der Waals surface area contributed by atoms with Gasteiger partial charge in [0, 0.05) is 6.61 Å². The molecular weight excluding hydrogens is 480 g/mol. The zero-order valence-corrected chi connectivity index (χ0v) is 25.0. The predicted octanol–water partition coefficient (Wildman–Crippen LogP) is 5.06. The van der Waals surface area contributed by atoms with E-state index in [0.29, 0.717) is 37.0 Å². The van der Waals surface area contributed by atoms with E-state index in [1.807, 2.05) is 13.8 Å². The van der Waals surface area contributed by atoms with Gasteiger partial charge in [0.2, 0.25) is 0 Å². The van der Waals surface area contributed by atoms with Crippen LogP contribution in [0.15, 0.2) is 23.3 Å². The van der Waals surface area contributed by atoms with E-state index in [1.165, 1.54) is 31.3 Å². The van der Waals surface area contributed by atoms with Crippen molar-refractivity contribution in [2.45, 2.75) is 148 Å². The molecule has 0 heterocycles. The van der Waals surface area contributed by atoms with Crippen molar-refractivity contribution in [2.24, 2.45) is 23.2 Å². The van der Waals surface area contributed by atoms with Crippen LogP contribution in [0.5, 0.6) is 0 Å². The van der Waals surface area contributed by atoms with Gasteiger partial charge in [-0.3, -0.25) is 0 Å². The third kappa shape index (κ3) is 7.30. The molecular formula is C32H56O6. The fourth-order valence-electron chi connectivity index (χ4n) is 7.65. The van der Waals surface area contributed by atoms with E-state index in [4.69, 9.17) is 4.74 Å². The third-order valence-corrected chi connectivity index (χ3v) is 10.2. The topological polar surface area (TPSA) is 110 Å². The minimum Gasteiger partial charge on any atom is -0.390 e. The van der Waals surface area contributed by atoms with Crippen molar-refractivity contribution in [2.75, 3.05) is 6.61 Å². The van der Waals surface area contributed by atoms with E-state index >= 15 is 0 Å². The Morgan fingerprint density at radius 1 is 0.974 bits per heavy atom. The lowest BCUT2D eigenvalue weighted by atomic mass is 9.60. The van der Waals surface area contributed by atoms with Crippen molar-refractivity contribution in [1.29, 1.82) is 0 Å². The van der Waals surface area contributed by atoms with Gasteiger partial charge in [-0.15, -0.1) is 0 Å². The number of rotatable bonds is 10. The molecule has 0 aromatic heterocycles. The predicted molar refractivity (Wildman–Crippen MR) is 152 cm³/mol. The summed E-state index contributed by atoms with van der Waals surface area (Å²) >= 11 is 0. The highest BCUT2D eigenvalue weighted by Gasteiger charge is 2.52. The van der Waals surface area contributed by atoms with Gasteiger partial charge in [0.1, 0.15) is 5.60 Å². The van der Waals surface area contributed by atoms with Crippen LogP contribution in [0.3, 0.4) is 0 Å². The maximum Gasteiger partial charge on any atom is 0.142 e. The van der Waals surface area contributed by atoms with E-state index in [-0.39, 0.29) is 12.0 Å². The van der Waals surface area contributed by atoms with E-state index in [1.54, 1.807) is 20.8 Å². The van der Waals surface area contributed by atoms with Crippen molar-refractivity contribution in [3.63, 3.8) is 0 Å². The minimum absolute atomic E-state index is 0.235. The number of hydrogen-bond donors (Lipinski definition) is 5. The fraction of sp³-hybridized carbons (Fsp3) is 0.875. The van der Waals surface area contributed by atoms with Gasteiger partial charge in [-0.2, -0.15) is 0 Å². The highest BCUT2D eigenvalue weighted by atomic mass is 16.5. The van der Waals surface area contributed by atoms with Crippen LogP contribution < -0.4 is 0 Å². The Kier molecular flexibility index (Phi) is 10.0. The molecule has 0 amide bonds. The molecule has 0 saturated heterocycles. The van der Waals surface area contributed by atoms with Gasteiger partial charge in [-0.05, 0) is 122 Å². The molecule has 0 aromatic carbocycles. The van der Waals surface area contributed by atoms with E-state index < -0.39 is 35.1 Å². The Morgan fingerprint density at radius 3 is 2.16 bits per heavy atom. The molecule has 0 unspecified atom stereocenters. The lowest BCUT2D eigenvalue weighted by Crippen LogP contribution is -2.62. The second-order valence-electron chi connectivity index (χ2n) is 14.4. The first-order valence-corrected chi connectivity index (χ1v) is 15.0. The summed E-state index contributed by atoms with van der Waals surface area (Å²) in [6, 6.07) is 0. The Bertz CT molecular complexity index is 835. The van der Waals surface area contributed by atoms with Crippen molar-refractivity contribution in [1.82, 2.24) is 0 Å². The maximum atomic E-state index is 11.2. The van der Waals surface area contributed by atoms with Crippen LogP contribution in [-0.2, 0) is 4.74 Å². The first-order chi connectivity index (χ1) is 17.5. The second kappa shape index (κ2) is 12.0. The molecule has 7 atom stereocenters. The van der Waals surface area contributed by atoms with E-state index in [2.05, 4.69) is 26.0 Å². The molecule has 6 nitrogen and oxygen atoms in total. The molecule has 0 aromatic rings. The maximum absolute atomic E-state index is 11.2. The Balaban J connectivity index is 1.66. The SMILES string of the molecule is C[C@H](CCC(C)(C)O)[C@H]1CC[C@H]2/C(=C\C=C3C[C@@H](O)C(O)([C@@H](C)OCCC(C)(C)O)[C@H](O)C3)CCC[C@]12C. The smallest absolute Gasteiger partial charge is 0.142 e.